The molecule has 0 aromatic heterocycles. The molecule has 1 rings (SSSR count). The zero-order valence-corrected chi connectivity index (χ0v) is 12.9. The van der Waals surface area contributed by atoms with Gasteiger partial charge in [0.05, 0.1) is 26.4 Å². The number of aryl methyl sites for hydroxylation is 1. The standard InChI is InChI=1S/C17H24O4/c1-15-14-16(6-3-4-9-18)7-8-17(15)21-11-5-10-20-13-12-19-2/h7-8,14,18H,4-5,9-13H2,1-2H3. The van der Waals surface area contributed by atoms with E-state index in [1.807, 2.05) is 25.1 Å². The van der Waals surface area contributed by atoms with Crippen molar-refractivity contribution in [2.24, 2.45) is 0 Å². The van der Waals surface area contributed by atoms with Gasteiger partial charge >= 0.3 is 0 Å². The molecule has 0 radical (unpaired) electrons. The van der Waals surface area contributed by atoms with Gasteiger partial charge < -0.3 is 19.3 Å². The van der Waals surface area contributed by atoms with Crippen LogP contribution in [0.2, 0.25) is 0 Å². The summed E-state index contributed by atoms with van der Waals surface area (Å²) in [6.07, 6.45) is 1.35. The maximum Gasteiger partial charge on any atom is 0.122 e. The van der Waals surface area contributed by atoms with E-state index in [1.54, 1.807) is 7.11 Å². The molecule has 0 fully saturated rings. The van der Waals surface area contributed by atoms with Crippen molar-refractivity contribution in [2.75, 3.05) is 40.1 Å². The minimum Gasteiger partial charge on any atom is -0.493 e. The zero-order valence-electron chi connectivity index (χ0n) is 12.9. The lowest BCUT2D eigenvalue weighted by molar-refractivity contribution is 0.0644. The van der Waals surface area contributed by atoms with Crippen LogP contribution in [0.15, 0.2) is 18.2 Å². The average Bonchev–Trinajstić information content (AvgIpc) is 2.48. The first-order valence-electron chi connectivity index (χ1n) is 7.17. The van der Waals surface area contributed by atoms with E-state index in [0.717, 1.165) is 23.3 Å². The molecule has 0 aliphatic rings. The topological polar surface area (TPSA) is 47.9 Å². The van der Waals surface area contributed by atoms with E-state index in [0.29, 0.717) is 32.8 Å². The molecule has 0 heterocycles. The summed E-state index contributed by atoms with van der Waals surface area (Å²) in [4.78, 5) is 0. The lowest BCUT2D eigenvalue weighted by Gasteiger charge is -2.09. The van der Waals surface area contributed by atoms with Crippen molar-refractivity contribution in [1.29, 1.82) is 0 Å². The van der Waals surface area contributed by atoms with Crippen LogP contribution in [0.3, 0.4) is 0 Å². The lowest BCUT2D eigenvalue weighted by atomic mass is 10.1. The Hall–Kier alpha value is -1.54. The van der Waals surface area contributed by atoms with Crippen molar-refractivity contribution in [3.8, 4) is 17.6 Å². The number of rotatable bonds is 9. The van der Waals surface area contributed by atoms with Gasteiger partial charge in [-0.25, -0.2) is 0 Å². The smallest absolute Gasteiger partial charge is 0.122 e. The Kier molecular flexibility index (Phi) is 9.30. The van der Waals surface area contributed by atoms with Gasteiger partial charge in [-0.05, 0) is 30.7 Å². The summed E-state index contributed by atoms with van der Waals surface area (Å²) < 4.78 is 16.0. The minimum atomic E-state index is 0.0969. The third-order valence-corrected chi connectivity index (χ3v) is 2.77. The van der Waals surface area contributed by atoms with Gasteiger partial charge in [-0.1, -0.05) is 11.8 Å². The normalized spacial score (nSPS) is 10.0. The van der Waals surface area contributed by atoms with Gasteiger partial charge in [-0.2, -0.15) is 0 Å². The number of hydrogen-bond acceptors (Lipinski definition) is 4. The molecular formula is C17H24O4. The molecule has 0 atom stereocenters. The molecule has 1 N–H and O–H groups in total. The Morgan fingerprint density at radius 3 is 2.71 bits per heavy atom. The first kappa shape index (κ1) is 17.5. The van der Waals surface area contributed by atoms with Crippen LogP contribution in [0.1, 0.15) is 24.0 Å². The highest BCUT2D eigenvalue weighted by atomic mass is 16.5. The summed E-state index contributed by atoms with van der Waals surface area (Å²) in [6, 6.07) is 5.86. The molecule has 4 heteroatoms. The Bertz CT molecular complexity index is 460. The number of ether oxygens (including phenoxy) is 3. The second-order valence-electron chi connectivity index (χ2n) is 4.56. The molecule has 0 aliphatic heterocycles. The van der Waals surface area contributed by atoms with Crippen LogP contribution in [-0.4, -0.2) is 45.3 Å². The third-order valence-electron chi connectivity index (χ3n) is 2.77. The first-order valence-corrected chi connectivity index (χ1v) is 7.17. The van der Waals surface area contributed by atoms with Gasteiger partial charge in [-0.15, -0.1) is 0 Å². The first-order chi connectivity index (χ1) is 10.3. The van der Waals surface area contributed by atoms with Gasteiger partial charge in [0, 0.05) is 32.1 Å². The predicted octanol–water partition coefficient (Wildman–Crippen LogP) is 2.16. The van der Waals surface area contributed by atoms with Crippen molar-refractivity contribution < 1.29 is 19.3 Å². The number of aliphatic hydroxyl groups excluding tert-OH is 1. The van der Waals surface area contributed by atoms with Gasteiger partial charge in [0.1, 0.15) is 5.75 Å². The fraction of sp³-hybridized carbons (Fsp3) is 0.529. The maximum absolute atomic E-state index is 8.69. The van der Waals surface area contributed by atoms with E-state index < -0.39 is 0 Å². The molecule has 1 aromatic rings. The fourth-order valence-corrected chi connectivity index (χ4v) is 1.70. The summed E-state index contributed by atoms with van der Waals surface area (Å²) in [6.45, 7) is 4.65. The van der Waals surface area contributed by atoms with E-state index in [-0.39, 0.29) is 6.61 Å². The fourth-order valence-electron chi connectivity index (χ4n) is 1.70. The number of methoxy groups -OCH3 is 1. The Labute approximate surface area is 127 Å². The molecular weight excluding hydrogens is 268 g/mol. The highest BCUT2D eigenvalue weighted by molar-refractivity contribution is 5.43. The molecule has 0 aliphatic carbocycles. The van der Waals surface area contributed by atoms with Gasteiger partial charge in [0.25, 0.3) is 0 Å². The van der Waals surface area contributed by atoms with E-state index in [4.69, 9.17) is 19.3 Å². The molecule has 4 nitrogen and oxygen atoms in total. The molecule has 116 valence electrons. The molecule has 0 bridgehead atoms. The molecule has 21 heavy (non-hydrogen) atoms. The van der Waals surface area contributed by atoms with Crippen LogP contribution in [-0.2, 0) is 9.47 Å². The molecule has 0 saturated heterocycles. The van der Waals surface area contributed by atoms with Crippen molar-refractivity contribution in [3.05, 3.63) is 29.3 Å². The zero-order chi connectivity index (χ0) is 15.3. The predicted molar refractivity (Wildman–Crippen MR) is 82.6 cm³/mol. The van der Waals surface area contributed by atoms with Gasteiger partial charge in [-0.3, -0.25) is 0 Å². The van der Waals surface area contributed by atoms with Crippen LogP contribution in [0.25, 0.3) is 0 Å². The minimum absolute atomic E-state index is 0.0969. The van der Waals surface area contributed by atoms with E-state index in [9.17, 15) is 0 Å². The van der Waals surface area contributed by atoms with Gasteiger partial charge in [0.15, 0.2) is 0 Å². The Morgan fingerprint density at radius 1 is 1.14 bits per heavy atom. The second-order valence-corrected chi connectivity index (χ2v) is 4.56. The summed E-state index contributed by atoms with van der Waals surface area (Å²) in [7, 11) is 1.66. The molecule has 0 unspecified atom stereocenters. The highest BCUT2D eigenvalue weighted by Crippen LogP contribution is 2.18. The molecule has 0 amide bonds. The van der Waals surface area contributed by atoms with Crippen LogP contribution < -0.4 is 4.74 Å². The summed E-state index contributed by atoms with van der Waals surface area (Å²) >= 11 is 0. The number of aliphatic hydroxyl groups is 1. The number of benzene rings is 1. The summed E-state index contributed by atoms with van der Waals surface area (Å²) in [5, 5.41) is 8.69. The van der Waals surface area contributed by atoms with E-state index in [2.05, 4.69) is 11.8 Å². The van der Waals surface area contributed by atoms with Crippen LogP contribution >= 0.6 is 0 Å². The third kappa shape index (κ3) is 7.72. The Balaban J connectivity index is 2.31. The second kappa shape index (κ2) is 11.2. The average molecular weight is 292 g/mol. The summed E-state index contributed by atoms with van der Waals surface area (Å²) in [5.41, 5.74) is 2.00. The Morgan fingerprint density at radius 2 is 2.00 bits per heavy atom. The highest BCUT2D eigenvalue weighted by Gasteiger charge is 2.00. The summed E-state index contributed by atoms with van der Waals surface area (Å²) in [5.74, 6) is 6.79. The van der Waals surface area contributed by atoms with Crippen molar-refractivity contribution in [1.82, 2.24) is 0 Å². The quantitative estimate of drug-likeness (QED) is 0.560. The molecule has 0 spiro atoms. The van der Waals surface area contributed by atoms with E-state index in [1.165, 1.54) is 0 Å². The number of hydrogen-bond donors (Lipinski definition) is 1. The maximum atomic E-state index is 8.69. The molecule has 0 saturated carbocycles. The van der Waals surface area contributed by atoms with Crippen LogP contribution in [0, 0.1) is 18.8 Å². The monoisotopic (exact) mass is 292 g/mol. The van der Waals surface area contributed by atoms with Crippen molar-refractivity contribution in [2.45, 2.75) is 19.8 Å². The van der Waals surface area contributed by atoms with Crippen molar-refractivity contribution in [3.63, 3.8) is 0 Å². The largest absolute Gasteiger partial charge is 0.493 e. The molecule has 1 aromatic carbocycles. The van der Waals surface area contributed by atoms with E-state index >= 15 is 0 Å². The van der Waals surface area contributed by atoms with Crippen LogP contribution in [0.4, 0.5) is 0 Å². The van der Waals surface area contributed by atoms with Crippen LogP contribution in [0.5, 0.6) is 5.75 Å². The van der Waals surface area contributed by atoms with Gasteiger partial charge in [0.2, 0.25) is 0 Å². The SMILES string of the molecule is COCCOCCCOc1ccc(C#CCCO)cc1C. The lowest BCUT2D eigenvalue weighted by Crippen LogP contribution is -2.07. The van der Waals surface area contributed by atoms with Crippen molar-refractivity contribution >= 4 is 0 Å².